The molecule has 0 spiro atoms. The number of fused-ring (bicyclic) bond motifs is 1. The lowest BCUT2D eigenvalue weighted by Gasteiger charge is -2.12. The molecule has 1 aromatic heterocycles. The molecule has 0 saturated heterocycles. The highest BCUT2D eigenvalue weighted by atomic mass is 32.2. The topological polar surface area (TPSA) is 43.7 Å². The van der Waals surface area contributed by atoms with Crippen molar-refractivity contribution in [2.75, 3.05) is 12.9 Å². The van der Waals surface area contributed by atoms with Gasteiger partial charge < -0.3 is 9.36 Å². The van der Waals surface area contributed by atoms with Gasteiger partial charge in [0.05, 0.1) is 26.8 Å². The molecule has 0 aliphatic carbocycles. The van der Waals surface area contributed by atoms with E-state index in [1.807, 2.05) is 31.3 Å². The maximum atomic E-state index is 5.28. The van der Waals surface area contributed by atoms with Gasteiger partial charge >= 0.3 is 0 Å². The minimum Gasteiger partial charge on any atom is -0.383 e. The Morgan fingerprint density at radius 3 is 3.00 bits per heavy atom. The van der Waals surface area contributed by atoms with Gasteiger partial charge in [-0.2, -0.15) is 11.8 Å². The fourth-order valence-electron chi connectivity index (χ4n) is 1.89. The van der Waals surface area contributed by atoms with Crippen molar-refractivity contribution in [3.63, 3.8) is 0 Å². The Morgan fingerprint density at radius 2 is 2.24 bits per heavy atom. The number of nitrogens with zero attached hydrogens (tertiary/aromatic N) is 2. The zero-order valence-electron chi connectivity index (χ0n) is 12.2. The Balaban J connectivity index is 1.96. The number of oxime groups is 1. The molecule has 0 radical (unpaired) electrons. The van der Waals surface area contributed by atoms with Crippen LogP contribution in [0.15, 0.2) is 41.7 Å². The molecule has 0 amide bonds. The van der Waals surface area contributed by atoms with Crippen molar-refractivity contribution in [2.45, 2.75) is 18.8 Å². The largest absolute Gasteiger partial charge is 0.383 e. The van der Waals surface area contributed by atoms with E-state index in [1.165, 1.54) is 10.9 Å². The lowest BCUT2D eigenvalue weighted by atomic mass is 10.2. The second-order valence-electron chi connectivity index (χ2n) is 4.60. The summed E-state index contributed by atoms with van der Waals surface area (Å²) in [5, 5.41) is 5.16. The second-order valence-corrected chi connectivity index (χ2v) is 5.79. The standard InChI is InChI=1S/C15H19N2O2PS/c1-11(18-2)15(17-19-20)10-21-9-12-7-13-5-3-4-6-14(13)16-8-12/h3-8,11H,9-10,20H2,1-2H3/b17-15-. The van der Waals surface area contributed by atoms with Crippen LogP contribution in [0, 0.1) is 0 Å². The van der Waals surface area contributed by atoms with Crippen molar-refractivity contribution in [2.24, 2.45) is 5.16 Å². The summed E-state index contributed by atoms with van der Waals surface area (Å²) in [6.45, 7) is 1.96. The summed E-state index contributed by atoms with van der Waals surface area (Å²) in [6, 6.07) is 10.3. The molecule has 2 rings (SSSR count). The molecule has 2 unspecified atom stereocenters. The van der Waals surface area contributed by atoms with Crippen LogP contribution in [0.1, 0.15) is 12.5 Å². The summed E-state index contributed by atoms with van der Waals surface area (Å²) in [6.07, 6.45) is 1.88. The van der Waals surface area contributed by atoms with Gasteiger partial charge in [-0.15, -0.1) is 0 Å². The minimum absolute atomic E-state index is 0.0484. The van der Waals surface area contributed by atoms with Crippen molar-refractivity contribution in [1.29, 1.82) is 0 Å². The van der Waals surface area contributed by atoms with Crippen LogP contribution in [-0.2, 0) is 15.1 Å². The Morgan fingerprint density at radius 1 is 1.43 bits per heavy atom. The average molecular weight is 322 g/mol. The van der Waals surface area contributed by atoms with Crippen LogP contribution >= 0.6 is 21.2 Å². The van der Waals surface area contributed by atoms with Gasteiger partial charge in [-0.05, 0) is 24.6 Å². The van der Waals surface area contributed by atoms with Gasteiger partial charge in [-0.25, -0.2) is 0 Å². The van der Waals surface area contributed by atoms with Crippen LogP contribution in [0.3, 0.4) is 0 Å². The summed E-state index contributed by atoms with van der Waals surface area (Å²) in [5.41, 5.74) is 3.11. The number of methoxy groups -OCH3 is 1. The number of aromatic nitrogens is 1. The molecule has 1 aromatic carbocycles. The number of pyridine rings is 1. The number of hydrogen-bond donors (Lipinski definition) is 0. The minimum atomic E-state index is -0.0484. The lowest BCUT2D eigenvalue weighted by Crippen LogP contribution is -2.21. The summed E-state index contributed by atoms with van der Waals surface area (Å²) in [7, 11) is 3.80. The van der Waals surface area contributed by atoms with E-state index in [4.69, 9.17) is 9.36 Å². The summed E-state index contributed by atoms with van der Waals surface area (Å²) in [4.78, 5) is 4.47. The molecule has 0 saturated carbocycles. The van der Waals surface area contributed by atoms with Crippen LogP contribution in [0.4, 0.5) is 0 Å². The molecule has 21 heavy (non-hydrogen) atoms. The predicted octanol–water partition coefficient (Wildman–Crippen LogP) is 3.67. The van der Waals surface area contributed by atoms with Gasteiger partial charge in [0.25, 0.3) is 0 Å². The van der Waals surface area contributed by atoms with Crippen LogP contribution < -0.4 is 0 Å². The Bertz CT molecular complexity index is 621. The highest BCUT2D eigenvalue weighted by Gasteiger charge is 2.11. The van der Waals surface area contributed by atoms with E-state index in [-0.39, 0.29) is 6.10 Å². The third kappa shape index (κ3) is 4.67. The first kappa shape index (κ1) is 16.2. The van der Waals surface area contributed by atoms with E-state index in [1.54, 1.807) is 18.9 Å². The van der Waals surface area contributed by atoms with Crippen LogP contribution in [0.5, 0.6) is 0 Å². The molecule has 2 aromatic rings. The van der Waals surface area contributed by atoms with Gasteiger partial charge in [0.2, 0.25) is 0 Å². The highest BCUT2D eigenvalue weighted by Crippen LogP contribution is 2.18. The first-order chi connectivity index (χ1) is 10.2. The molecular formula is C15H19N2O2PS. The average Bonchev–Trinajstić information content (AvgIpc) is 2.53. The molecule has 0 aliphatic rings. The molecule has 2 atom stereocenters. The SMILES string of the molecule is COC(C)/C(CSCc1cnc2ccccc2c1)=N\OP. The van der Waals surface area contributed by atoms with Crippen LogP contribution in [0.25, 0.3) is 10.9 Å². The monoisotopic (exact) mass is 322 g/mol. The normalized spacial score (nSPS) is 13.4. The maximum Gasteiger partial charge on any atom is 0.0965 e. The molecule has 0 aliphatic heterocycles. The molecule has 112 valence electrons. The van der Waals surface area contributed by atoms with E-state index in [9.17, 15) is 0 Å². The fraction of sp³-hybridized carbons (Fsp3) is 0.333. The van der Waals surface area contributed by atoms with Gasteiger partial charge in [-0.3, -0.25) is 4.98 Å². The quantitative estimate of drug-likeness (QED) is 0.443. The molecular weight excluding hydrogens is 303 g/mol. The van der Waals surface area contributed by atoms with E-state index in [0.29, 0.717) is 0 Å². The van der Waals surface area contributed by atoms with Gasteiger partial charge in [0, 0.05) is 30.2 Å². The third-order valence-corrected chi connectivity index (χ3v) is 4.30. The fourth-order valence-corrected chi connectivity index (χ4v) is 3.02. The number of para-hydroxylation sites is 1. The van der Waals surface area contributed by atoms with E-state index in [0.717, 1.165) is 22.7 Å². The van der Waals surface area contributed by atoms with E-state index in [2.05, 4.69) is 31.7 Å². The smallest absolute Gasteiger partial charge is 0.0965 e. The first-order valence-electron chi connectivity index (χ1n) is 6.61. The highest BCUT2D eigenvalue weighted by molar-refractivity contribution is 7.99. The molecule has 0 N–H and O–H groups in total. The Kier molecular flexibility index (Phi) is 6.43. The molecule has 0 bridgehead atoms. The number of ether oxygens (including phenoxy) is 1. The first-order valence-corrected chi connectivity index (χ1v) is 8.24. The van der Waals surface area contributed by atoms with Gasteiger partial charge in [-0.1, -0.05) is 23.4 Å². The predicted molar refractivity (Wildman–Crippen MR) is 92.6 cm³/mol. The maximum absolute atomic E-state index is 5.28. The number of benzene rings is 1. The van der Waals surface area contributed by atoms with Crippen molar-refractivity contribution in [3.05, 3.63) is 42.1 Å². The summed E-state index contributed by atoms with van der Waals surface area (Å²) < 4.78 is 10.1. The van der Waals surface area contributed by atoms with Crippen molar-refractivity contribution in [3.8, 4) is 0 Å². The van der Waals surface area contributed by atoms with Crippen LogP contribution in [0.2, 0.25) is 0 Å². The second kappa shape index (κ2) is 8.32. The Labute approximate surface area is 131 Å². The number of rotatable bonds is 7. The third-order valence-electron chi connectivity index (χ3n) is 3.16. The number of hydrogen-bond acceptors (Lipinski definition) is 5. The number of thioether (sulfide) groups is 1. The molecule has 6 heteroatoms. The molecule has 4 nitrogen and oxygen atoms in total. The molecule has 0 fully saturated rings. The summed E-state index contributed by atoms with van der Waals surface area (Å²) in [5.74, 6) is 1.64. The van der Waals surface area contributed by atoms with E-state index < -0.39 is 0 Å². The van der Waals surface area contributed by atoms with Crippen molar-refractivity contribution < 1.29 is 9.36 Å². The van der Waals surface area contributed by atoms with Crippen molar-refractivity contribution >= 4 is 37.8 Å². The summed E-state index contributed by atoms with van der Waals surface area (Å²) >= 11 is 1.77. The van der Waals surface area contributed by atoms with Crippen molar-refractivity contribution in [1.82, 2.24) is 4.98 Å². The van der Waals surface area contributed by atoms with E-state index >= 15 is 0 Å². The lowest BCUT2D eigenvalue weighted by molar-refractivity contribution is 0.167. The Hall–Kier alpha value is -1.16. The van der Waals surface area contributed by atoms with Crippen LogP contribution in [-0.4, -0.2) is 29.7 Å². The van der Waals surface area contributed by atoms with Gasteiger partial charge in [0.1, 0.15) is 0 Å². The zero-order chi connectivity index (χ0) is 15.1. The van der Waals surface area contributed by atoms with Gasteiger partial charge in [0.15, 0.2) is 0 Å². The zero-order valence-corrected chi connectivity index (χ0v) is 14.1. The molecule has 1 heterocycles.